The molecule has 3 aromatic carbocycles. The Morgan fingerprint density at radius 1 is 1.06 bits per heavy atom. The molecule has 0 saturated carbocycles. The quantitative estimate of drug-likeness (QED) is 0.0645. The summed E-state index contributed by atoms with van der Waals surface area (Å²) in [5, 5.41) is 7.28. The van der Waals surface area contributed by atoms with E-state index in [4.69, 9.17) is 25.9 Å². The van der Waals surface area contributed by atoms with Gasteiger partial charge in [-0.15, -0.1) is 6.42 Å². The number of carbonyl (C=O) groups is 5. The van der Waals surface area contributed by atoms with Crippen LogP contribution in [-0.2, 0) is 25.5 Å². The van der Waals surface area contributed by atoms with E-state index in [9.17, 15) is 24.0 Å². The van der Waals surface area contributed by atoms with Crippen LogP contribution >= 0.6 is 0 Å². The fourth-order valence-electron chi connectivity index (χ4n) is 11.3. The van der Waals surface area contributed by atoms with Crippen LogP contribution in [0.15, 0.2) is 66.9 Å². The van der Waals surface area contributed by atoms with E-state index in [-0.39, 0.29) is 79.1 Å². The van der Waals surface area contributed by atoms with E-state index in [0.29, 0.717) is 84.8 Å². The first kappa shape index (κ1) is 47.3. The van der Waals surface area contributed by atoms with E-state index < -0.39 is 47.0 Å². The molecule has 71 heavy (non-hydrogen) atoms. The van der Waals surface area contributed by atoms with Gasteiger partial charge in [0, 0.05) is 80.5 Å². The largest absolute Gasteiger partial charge is 0.461 e. The first-order chi connectivity index (χ1) is 34.2. The van der Waals surface area contributed by atoms with Crippen molar-refractivity contribution in [1.29, 1.82) is 0 Å². The Balaban J connectivity index is 0.835. The number of halogens is 2. The zero-order valence-electron chi connectivity index (χ0n) is 39.5. The number of aromatic nitrogens is 3. The maximum atomic E-state index is 17.2. The maximum Gasteiger partial charge on any atom is 0.409 e. The zero-order valence-corrected chi connectivity index (χ0v) is 39.5. The predicted molar refractivity (Wildman–Crippen MR) is 259 cm³/mol. The molecule has 5 aliphatic heterocycles. The Kier molecular flexibility index (Phi) is 12.7. The van der Waals surface area contributed by atoms with Crippen LogP contribution in [-0.4, -0.2) is 136 Å². The number of nitrogens with one attached hydrogen (secondary N) is 2. The molecule has 5 amide bonds. The molecule has 5 saturated heterocycles. The number of piperazine rings is 1. The molecule has 2 bridgehead atoms. The van der Waals surface area contributed by atoms with Crippen molar-refractivity contribution in [2.24, 2.45) is 0 Å². The summed E-state index contributed by atoms with van der Waals surface area (Å²) in [6, 6.07) is 12.5. The molecule has 5 fully saturated rings. The molecular formula is C53H53F2N9O7. The fourth-order valence-corrected chi connectivity index (χ4v) is 11.3. The summed E-state index contributed by atoms with van der Waals surface area (Å²) in [7, 11) is 1.63. The van der Waals surface area contributed by atoms with Crippen LogP contribution in [0.5, 0.6) is 6.01 Å². The Labute approximate surface area is 408 Å². The molecule has 5 aromatic rings. The summed E-state index contributed by atoms with van der Waals surface area (Å²) in [4.78, 5) is 84.1. The van der Waals surface area contributed by atoms with Crippen LogP contribution in [0.25, 0.3) is 32.9 Å². The zero-order chi connectivity index (χ0) is 49.7. The summed E-state index contributed by atoms with van der Waals surface area (Å²) in [5.41, 5.74) is 2.45. The van der Waals surface area contributed by atoms with Gasteiger partial charge in [-0.25, -0.2) is 13.6 Å². The second-order valence-corrected chi connectivity index (χ2v) is 19.4. The summed E-state index contributed by atoms with van der Waals surface area (Å²) in [6.45, 7) is 8.51. The van der Waals surface area contributed by atoms with Crippen LogP contribution < -0.4 is 20.3 Å². The second-order valence-electron chi connectivity index (χ2n) is 19.4. The van der Waals surface area contributed by atoms with Gasteiger partial charge in [0.15, 0.2) is 5.82 Å². The number of pyridine rings is 1. The highest BCUT2D eigenvalue weighted by atomic mass is 19.1. The Morgan fingerprint density at radius 2 is 1.85 bits per heavy atom. The molecule has 0 radical (unpaired) electrons. The molecule has 366 valence electrons. The average Bonchev–Trinajstić information content (AvgIpc) is 4.00. The number of imide groups is 2. The van der Waals surface area contributed by atoms with Gasteiger partial charge in [-0.3, -0.25) is 39.3 Å². The lowest BCUT2D eigenvalue weighted by atomic mass is 9.94. The SMILES string of the molecule is C#Cc1c(F)ccc2cccc(-c3ncc4c(N5CC6CCC(C5)N6)nc(OCC56CCC(COC(=O)N(C)CCc7cccc(C(=O)N(C=O)C8CCC(=O)NC8=O)c7C)N5CC(=C)C6)nc4c3F)c12. The molecule has 16 nitrogen and oxygen atoms in total. The minimum atomic E-state index is -1.09. The van der Waals surface area contributed by atoms with Crippen molar-refractivity contribution in [1.82, 2.24) is 40.3 Å². The lowest BCUT2D eigenvalue weighted by Crippen LogP contribution is -2.53. The highest BCUT2D eigenvalue weighted by molar-refractivity contribution is 6.08. The maximum absolute atomic E-state index is 17.2. The number of hydrogen-bond donors (Lipinski definition) is 2. The number of nitrogens with zero attached hydrogens (tertiary/aromatic N) is 7. The van der Waals surface area contributed by atoms with Crippen LogP contribution in [0.4, 0.5) is 19.4 Å². The Morgan fingerprint density at radius 3 is 2.61 bits per heavy atom. The first-order valence-electron chi connectivity index (χ1n) is 24.0. The molecule has 5 unspecified atom stereocenters. The topological polar surface area (TPSA) is 180 Å². The summed E-state index contributed by atoms with van der Waals surface area (Å²) < 4.78 is 44.7. The second kappa shape index (κ2) is 19.1. The van der Waals surface area contributed by atoms with Gasteiger partial charge >= 0.3 is 12.1 Å². The van der Waals surface area contributed by atoms with Crippen LogP contribution in [0, 0.1) is 30.9 Å². The van der Waals surface area contributed by atoms with Crippen LogP contribution in [0.3, 0.4) is 0 Å². The number of terminal acetylenes is 1. The highest BCUT2D eigenvalue weighted by Crippen LogP contribution is 2.45. The molecule has 5 aliphatic rings. The number of likely N-dealkylation sites (N-methyl/N-ethyl adjacent to an activating group) is 1. The molecule has 0 aliphatic carbocycles. The Bertz CT molecular complexity index is 3080. The number of hydrogen-bond acceptors (Lipinski definition) is 13. The predicted octanol–water partition coefficient (Wildman–Crippen LogP) is 5.61. The number of rotatable bonds is 13. The lowest BCUT2D eigenvalue weighted by molar-refractivity contribution is -0.139. The Hall–Kier alpha value is -7.36. The van der Waals surface area contributed by atoms with Gasteiger partial charge in [-0.1, -0.05) is 54.5 Å². The molecule has 2 aromatic heterocycles. The molecule has 2 N–H and O–H groups in total. The first-order valence-corrected chi connectivity index (χ1v) is 24.0. The monoisotopic (exact) mass is 965 g/mol. The van der Waals surface area contributed by atoms with Crippen molar-refractivity contribution >= 4 is 57.7 Å². The molecule has 7 heterocycles. The summed E-state index contributed by atoms with van der Waals surface area (Å²) >= 11 is 0. The third-order valence-corrected chi connectivity index (χ3v) is 15.0. The minimum Gasteiger partial charge on any atom is -0.461 e. The molecule has 18 heteroatoms. The van der Waals surface area contributed by atoms with Crippen LogP contribution in [0.2, 0.25) is 0 Å². The molecule has 5 atom stereocenters. The lowest BCUT2D eigenvalue weighted by Gasteiger charge is -2.35. The van der Waals surface area contributed by atoms with Crippen molar-refractivity contribution in [3.63, 3.8) is 0 Å². The number of fused-ring (bicyclic) bond motifs is 5. The average molecular weight is 966 g/mol. The van der Waals surface area contributed by atoms with E-state index in [2.05, 4.69) is 37.9 Å². The van der Waals surface area contributed by atoms with E-state index in [0.717, 1.165) is 28.9 Å². The number of carbonyl (C=O) groups excluding carboxylic acids is 5. The van der Waals surface area contributed by atoms with Gasteiger partial charge in [-0.2, -0.15) is 9.97 Å². The standard InChI is InChI=1S/C53H53F2N9O7/c1-5-37-41(54)15-12-33-9-7-11-39(44(33)37)46-45(55)47-40(23-56-46)48(62-25-34-13-14-35(26-62)57-34)60-51(59-47)71-28-53-20-18-36(64(53)24-30(2)22-53)27-70-52(69)61(4)21-19-32-8-6-10-38(31(32)3)50(68)63(29-65)42-16-17-43(66)58-49(42)67/h1,6-12,15,23,29,34-36,42,57H,2,13-14,16-22,24-28H2,3-4H3,(H,58,66,67). The van der Waals surface area contributed by atoms with Crippen molar-refractivity contribution in [3.8, 4) is 29.6 Å². The van der Waals surface area contributed by atoms with E-state index in [1.807, 2.05) is 6.07 Å². The van der Waals surface area contributed by atoms with Gasteiger partial charge in [0.05, 0.1) is 16.5 Å². The summed E-state index contributed by atoms with van der Waals surface area (Å²) in [5.74, 6) is -0.143. The normalized spacial score (nSPS) is 22.9. The number of anilines is 1. The minimum absolute atomic E-state index is 0.00608. The van der Waals surface area contributed by atoms with Gasteiger partial charge in [0.2, 0.25) is 18.2 Å². The summed E-state index contributed by atoms with van der Waals surface area (Å²) in [6.07, 6.45) is 11.7. The van der Waals surface area contributed by atoms with Crippen molar-refractivity contribution in [3.05, 3.63) is 101 Å². The van der Waals surface area contributed by atoms with Crippen molar-refractivity contribution < 1.29 is 42.2 Å². The van der Waals surface area contributed by atoms with Gasteiger partial charge in [0.25, 0.3) is 5.91 Å². The third kappa shape index (κ3) is 8.82. The molecular weight excluding hydrogens is 913 g/mol. The van der Waals surface area contributed by atoms with E-state index in [1.54, 1.807) is 56.6 Å². The third-order valence-electron chi connectivity index (χ3n) is 15.0. The molecule has 10 rings (SSSR count). The highest BCUT2D eigenvalue weighted by Gasteiger charge is 2.51. The number of benzene rings is 3. The van der Waals surface area contributed by atoms with Gasteiger partial charge in [-0.05, 0) is 80.5 Å². The van der Waals surface area contributed by atoms with E-state index >= 15 is 8.78 Å². The number of piperidine rings is 1. The van der Waals surface area contributed by atoms with Crippen molar-refractivity contribution in [2.75, 3.05) is 51.3 Å². The fraction of sp³-hybridized carbons (Fsp3) is 0.396. The molecule has 0 spiro atoms. The van der Waals surface area contributed by atoms with Crippen LogP contribution in [0.1, 0.15) is 72.0 Å². The number of amides is 5. The number of ether oxygens (including phenoxy) is 2. The van der Waals surface area contributed by atoms with Crippen molar-refractivity contribution in [2.45, 2.75) is 88.0 Å². The smallest absolute Gasteiger partial charge is 0.409 e. The van der Waals surface area contributed by atoms with Gasteiger partial charge < -0.3 is 24.6 Å². The van der Waals surface area contributed by atoms with Gasteiger partial charge in [0.1, 0.15) is 42.1 Å². The van der Waals surface area contributed by atoms with E-state index in [1.165, 1.54) is 11.0 Å².